The van der Waals surface area contributed by atoms with E-state index in [2.05, 4.69) is 21.2 Å². The van der Waals surface area contributed by atoms with Crippen LogP contribution in [0.5, 0.6) is 0 Å². The molecular weight excluding hydrogens is 649 g/mol. The summed E-state index contributed by atoms with van der Waals surface area (Å²) in [5.74, 6) is -17.9. The Morgan fingerprint density at radius 2 is 1.41 bits per heavy atom. The van der Waals surface area contributed by atoms with Crippen molar-refractivity contribution >= 4 is 67.5 Å². The van der Waals surface area contributed by atoms with Crippen LogP contribution in [0.3, 0.4) is 0 Å². The highest BCUT2D eigenvalue weighted by molar-refractivity contribution is 14.1. The number of anilines is 2. The van der Waals surface area contributed by atoms with Crippen LogP contribution in [0, 0.1) is 44.3 Å². The molecule has 3 aromatic carbocycles. The lowest BCUT2D eigenvalue weighted by atomic mass is 9.95. The summed E-state index contributed by atoms with van der Waals surface area (Å²) >= 11 is 10.3. The molecule has 0 radical (unpaired) electrons. The van der Waals surface area contributed by atoms with Crippen molar-refractivity contribution in [3.63, 3.8) is 0 Å². The largest absolute Gasteiger partial charge is 0.478 e. The summed E-state index contributed by atoms with van der Waals surface area (Å²) < 4.78 is 98.5. The summed E-state index contributed by atoms with van der Waals surface area (Å²) in [4.78, 5) is 11.9. The molecule has 0 aliphatic heterocycles. The van der Waals surface area contributed by atoms with E-state index in [0.717, 1.165) is 0 Å². The molecule has 168 valence electrons. The Morgan fingerprint density at radius 1 is 0.875 bits per heavy atom. The second-order valence-electron chi connectivity index (χ2n) is 6.07. The van der Waals surface area contributed by atoms with Gasteiger partial charge in [-0.25, -0.2) is 35.5 Å². The Morgan fingerprint density at radius 3 is 1.91 bits per heavy atom. The van der Waals surface area contributed by atoms with Crippen LogP contribution in [0.15, 0.2) is 22.7 Å². The first-order valence-corrected chi connectivity index (χ1v) is 10.3. The van der Waals surface area contributed by atoms with Gasteiger partial charge in [-0.1, -0.05) is 11.6 Å². The fourth-order valence-electron chi connectivity index (χ4n) is 2.78. The zero-order chi connectivity index (χ0) is 24.1. The summed E-state index contributed by atoms with van der Waals surface area (Å²) in [6.07, 6.45) is 0. The highest BCUT2D eigenvalue weighted by atomic mass is 127. The molecule has 2 N–H and O–H groups in total. The van der Waals surface area contributed by atoms with E-state index in [4.69, 9.17) is 11.6 Å². The van der Waals surface area contributed by atoms with Crippen molar-refractivity contribution in [2.24, 2.45) is 0 Å². The van der Waals surface area contributed by atoms with Crippen LogP contribution in [-0.4, -0.2) is 11.1 Å². The van der Waals surface area contributed by atoms with Gasteiger partial charge in [0.25, 0.3) is 0 Å². The molecule has 32 heavy (non-hydrogen) atoms. The fourth-order valence-corrected chi connectivity index (χ4v) is 4.25. The van der Waals surface area contributed by atoms with Crippen molar-refractivity contribution in [3.05, 3.63) is 77.5 Å². The van der Waals surface area contributed by atoms with Crippen molar-refractivity contribution in [1.29, 1.82) is 0 Å². The number of carboxylic acid groups (broad SMARTS) is 1. The SMILES string of the molecule is O=C(O)c1c(Nc2ccc(I)cc2Cl)c(F)c(F)c(Br)c1-c1c(F)c(F)c(F)c(F)c1F. The number of hydrogen-bond donors (Lipinski definition) is 2. The van der Waals surface area contributed by atoms with E-state index in [1.165, 1.54) is 18.2 Å². The van der Waals surface area contributed by atoms with Gasteiger partial charge in [-0.3, -0.25) is 0 Å². The van der Waals surface area contributed by atoms with E-state index < -0.39 is 73.5 Å². The Bertz CT molecular complexity index is 1280. The average molecular weight is 655 g/mol. The number of rotatable bonds is 4. The minimum atomic E-state index is -2.51. The van der Waals surface area contributed by atoms with E-state index in [-0.39, 0.29) is 10.7 Å². The predicted molar refractivity (Wildman–Crippen MR) is 114 cm³/mol. The fraction of sp³-hybridized carbons (Fsp3) is 0. The number of carboxylic acids is 1. The summed E-state index contributed by atoms with van der Waals surface area (Å²) in [5.41, 5.74) is -5.66. The molecule has 0 aliphatic carbocycles. The standard InChI is InChI=1S/C19H5BrClF7INO2/c20-10-7(8-11(22)14(25)16(27)15(26)12(8)23)9(19(31)32)18(17(28)13(10)24)30-6-2-1-4(29)3-5(6)21/h1-3,30H,(H,31,32). The van der Waals surface area contributed by atoms with Gasteiger partial charge in [0.05, 0.1) is 32.0 Å². The molecule has 0 spiro atoms. The second kappa shape index (κ2) is 9.06. The zero-order valence-corrected chi connectivity index (χ0v) is 19.4. The molecule has 13 heteroatoms. The lowest BCUT2D eigenvalue weighted by Gasteiger charge is -2.19. The first-order valence-electron chi connectivity index (χ1n) is 8.06. The maximum absolute atomic E-state index is 14.7. The topological polar surface area (TPSA) is 49.3 Å². The van der Waals surface area contributed by atoms with E-state index in [9.17, 15) is 40.6 Å². The molecule has 0 heterocycles. The smallest absolute Gasteiger partial charge is 0.338 e. The second-order valence-corrected chi connectivity index (χ2v) is 8.51. The molecule has 3 nitrogen and oxygen atoms in total. The van der Waals surface area contributed by atoms with E-state index in [0.29, 0.717) is 3.57 Å². The molecule has 0 amide bonds. The third kappa shape index (κ3) is 4.03. The molecule has 0 atom stereocenters. The lowest BCUT2D eigenvalue weighted by molar-refractivity contribution is 0.0698. The summed E-state index contributed by atoms with van der Waals surface area (Å²) in [6, 6.07) is 4.11. The van der Waals surface area contributed by atoms with Crippen LogP contribution in [0.2, 0.25) is 5.02 Å². The number of benzene rings is 3. The number of halogens is 10. The van der Waals surface area contributed by atoms with Crippen molar-refractivity contribution in [3.8, 4) is 11.1 Å². The molecule has 3 aromatic rings. The Labute approximate surface area is 201 Å². The normalized spacial score (nSPS) is 11.1. The van der Waals surface area contributed by atoms with Gasteiger partial charge in [-0.15, -0.1) is 0 Å². The molecule has 0 aromatic heterocycles. The highest BCUT2D eigenvalue weighted by Crippen LogP contribution is 2.44. The van der Waals surface area contributed by atoms with Crippen LogP contribution in [-0.2, 0) is 0 Å². The van der Waals surface area contributed by atoms with Crippen LogP contribution in [0.4, 0.5) is 42.1 Å². The molecule has 0 fully saturated rings. The molecule has 0 saturated carbocycles. The summed E-state index contributed by atoms with van der Waals surface area (Å²) in [5, 5.41) is 11.8. The number of nitrogens with one attached hydrogen (secondary N) is 1. The van der Waals surface area contributed by atoms with Gasteiger partial charge in [-0.05, 0) is 56.7 Å². The van der Waals surface area contributed by atoms with Gasteiger partial charge in [0.1, 0.15) is 0 Å². The van der Waals surface area contributed by atoms with Gasteiger partial charge in [0.2, 0.25) is 5.82 Å². The summed E-state index contributed by atoms with van der Waals surface area (Å²) in [7, 11) is 0. The van der Waals surface area contributed by atoms with Crippen LogP contribution in [0.25, 0.3) is 11.1 Å². The van der Waals surface area contributed by atoms with Gasteiger partial charge < -0.3 is 10.4 Å². The first-order chi connectivity index (χ1) is 14.9. The Balaban J connectivity index is 2.46. The van der Waals surface area contributed by atoms with Crippen molar-refractivity contribution in [2.75, 3.05) is 5.32 Å². The average Bonchev–Trinajstić information content (AvgIpc) is 2.73. The predicted octanol–water partition coefficient (Wildman–Crippen LogP) is 7.79. The zero-order valence-electron chi connectivity index (χ0n) is 14.9. The summed E-state index contributed by atoms with van der Waals surface area (Å²) in [6.45, 7) is 0. The maximum atomic E-state index is 14.7. The molecular formula is C19H5BrClF7INO2. The Kier molecular flexibility index (Phi) is 6.96. The molecule has 0 unspecified atom stereocenters. The van der Waals surface area contributed by atoms with Crippen molar-refractivity contribution in [2.45, 2.75) is 0 Å². The van der Waals surface area contributed by atoms with Gasteiger partial charge >= 0.3 is 5.97 Å². The van der Waals surface area contributed by atoms with Gasteiger partial charge in [0.15, 0.2) is 34.9 Å². The Hall–Kier alpha value is -2.06. The minimum Gasteiger partial charge on any atom is -0.478 e. The van der Waals surface area contributed by atoms with Crippen molar-refractivity contribution in [1.82, 2.24) is 0 Å². The van der Waals surface area contributed by atoms with Gasteiger partial charge in [0, 0.05) is 9.13 Å². The van der Waals surface area contributed by atoms with E-state index in [1.54, 1.807) is 0 Å². The third-order valence-electron chi connectivity index (χ3n) is 4.19. The van der Waals surface area contributed by atoms with Gasteiger partial charge in [-0.2, -0.15) is 0 Å². The van der Waals surface area contributed by atoms with Crippen LogP contribution in [0.1, 0.15) is 10.4 Å². The van der Waals surface area contributed by atoms with Crippen LogP contribution >= 0.6 is 50.1 Å². The monoisotopic (exact) mass is 653 g/mol. The lowest BCUT2D eigenvalue weighted by Crippen LogP contribution is -2.13. The number of carbonyl (C=O) groups is 1. The quantitative estimate of drug-likeness (QED) is 0.131. The third-order valence-corrected chi connectivity index (χ3v) is 5.92. The maximum Gasteiger partial charge on any atom is 0.338 e. The number of hydrogen-bond acceptors (Lipinski definition) is 2. The van der Waals surface area contributed by atoms with E-state index in [1.807, 2.05) is 22.6 Å². The number of aromatic carboxylic acids is 1. The molecule has 3 rings (SSSR count). The minimum absolute atomic E-state index is 0.0613. The highest BCUT2D eigenvalue weighted by Gasteiger charge is 2.35. The molecule has 0 saturated heterocycles. The van der Waals surface area contributed by atoms with Crippen molar-refractivity contribution < 1.29 is 40.6 Å². The molecule has 0 bridgehead atoms. The van der Waals surface area contributed by atoms with E-state index >= 15 is 0 Å². The van der Waals surface area contributed by atoms with Crippen LogP contribution < -0.4 is 5.32 Å². The first kappa shape index (κ1) is 24.6. The molecule has 0 aliphatic rings.